The largest absolute Gasteiger partial charge is 0.481 e. The van der Waals surface area contributed by atoms with Crippen molar-refractivity contribution in [2.45, 2.75) is 26.3 Å². The fraction of sp³-hybridized carbons (Fsp3) is 0.417. The standard InChI is InChI=1S/C12H15N3O3/c1-3-4-7-15-10-8(13-11(16)12(15)17)5-6-9(14-10)18-2/h5-6H,3-4,7H2,1-2H3,(H,13,16). The number of methoxy groups -OCH3 is 1. The van der Waals surface area contributed by atoms with Crippen LogP contribution in [0.1, 0.15) is 19.8 Å². The van der Waals surface area contributed by atoms with E-state index in [0.29, 0.717) is 23.6 Å². The second-order valence-corrected chi connectivity index (χ2v) is 3.99. The monoisotopic (exact) mass is 249 g/mol. The Morgan fingerprint density at radius 3 is 2.83 bits per heavy atom. The van der Waals surface area contributed by atoms with Crippen LogP contribution in [0, 0.1) is 0 Å². The number of nitrogens with one attached hydrogen (secondary N) is 1. The minimum absolute atomic E-state index is 0.416. The van der Waals surface area contributed by atoms with Crippen LogP contribution in [-0.2, 0) is 6.54 Å². The highest BCUT2D eigenvalue weighted by molar-refractivity contribution is 5.70. The Balaban J connectivity index is 2.72. The molecule has 0 saturated carbocycles. The van der Waals surface area contributed by atoms with Crippen LogP contribution in [0.15, 0.2) is 21.7 Å². The molecule has 6 heteroatoms. The highest BCUT2D eigenvalue weighted by Gasteiger charge is 2.09. The summed E-state index contributed by atoms with van der Waals surface area (Å²) in [7, 11) is 1.51. The minimum atomic E-state index is -0.620. The predicted octanol–water partition coefficient (Wildman–Crippen LogP) is 0.893. The average Bonchev–Trinajstić information content (AvgIpc) is 2.39. The second kappa shape index (κ2) is 5.03. The first kappa shape index (κ1) is 12.3. The number of pyridine rings is 1. The Morgan fingerprint density at radius 1 is 1.39 bits per heavy atom. The third-order valence-electron chi connectivity index (χ3n) is 2.74. The zero-order valence-corrected chi connectivity index (χ0v) is 10.4. The highest BCUT2D eigenvalue weighted by Crippen LogP contribution is 2.12. The van der Waals surface area contributed by atoms with Gasteiger partial charge in [0.25, 0.3) is 0 Å². The molecule has 0 amide bonds. The van der Waals surface area contributed by atoms with E-state index in [1.54, 1.807) is 12.1 Å². The molecule has 6 nitrogen and oxygen atoms in total. The molecule has 0 aliphatic carbocycles. The fourth-order valence-corrected chi connectivity index (χ4v) is 1.77. The van der Waals surface area contributed by atoms with E-state index in [2.05, 4.69) is 9.97 Å². The van der Waals surface area contributed by atoms with Gasteiger partial charge in [0.05, 0.1) is 12.6 Å². The molecule has 96 valence electrons. The van der Waals surface area contributed by atoms with Crippen LogP contribution in [0.3, 0.4) is 0 Å². The zero-order chi connectivity index (χ0) is 13.1. The Bertz CT molecular complexity index is 672. The first-order valence-electron chi connectivity index (χ1n) is 5.85. The number of aromatic amines is 1. The molecule has 0 unspecified atom stereocenters. The summed E-state index contributed by atoms with van der Waals surface area (Å²) in [5, 5.41) is 0. The summed E-state index contributed by atoms with van der Waals surface area (Å²) in [6, 6.07) is 3.33. The van der Waals surface area contributed by atoms with Gasteiger partial charge in [-0.2, -0.15) is 4.98 Å². The number of hydrogen-bond donors (Lipinski definition) is 1. The molecule has 0 aliphatic heterocycles. The number of fused-ring (bicyclic) bond motifs is 1. The molecule has 2 rings (SSSR count). The van der Waals surface area contributed by atoms with Gasteiger partial charge in [-0.15, -0.1) is 0 Å². The molecule has 0 saturated heterocycles. The summed E-state index contributed by atoms with van der Waals surface area (Å²) in [4.78, 5) is 30.1. The molecule has 2 aromatic rings. The van der Waals surface area contributed by atoms with Gasteiger partial charge in [0.1, 0.15) is 0 Å². The van der Waals surface area contributed by atoms with E-state index >= 15 is 0 Å². The Morgan fingerprint density at radius 2 is 2.17 bits per heavy atom. The molecule has 0 aliphatic rings. The fourth-order valence-electron chi connectivity index (χ4n) is 1.77. The van der Waals surface area contributed by atoms with Gasteiger partial charge < -0.3 is 9.72 Å². The third-order valence-corrected chi connectivity index (χ3v) is 2.74. The van der Waals surface area contributed by atoms with Crippen LogP contribution in [0.5, 0.6) is 5.88 Å². The molecular formula is C12H15N3O3. The van der Waals surface area contributed by atoms with Gasteiger partial charge in [0, 0.05) is 12.6 Å². The van der Waals surface area contributed by atoms with Gasteiger partial charge in [-0.05, 0) is 12.5 Å². The summed E-state index contributed by atoms with van der Waals surface area (Å²) >= 11 is 0. The molecule has 0 aromatic carbocycles. The van der Waals surface area contributed by atoms with Gasteiger partial charge >= 0.3 is 11.1 Å². The first-order chi connectivity index (χ1) is 8.67. The number of aryl methyl sites for hydroxylation is 1. The third kappa shape index (κ3) is 2.13. The Kier molecular flexibility index (Phi) is 3.45. The number of aromatic nitrogens is 3. The van der Waals surface area contributed by atoms with Crippen molar-refractivity contribution in [1.82, 2.24) is 14.5 Å². The Labute approximate surface area is 103 Å². The molecule has 0 fully saturated rings. The van der Waals surface area contributed by atoms with Crippen molar-refractivity contribution < 1.29 is 4.74 Å². The smallest absolute Gasteiger partial charge is 0.317 e. The molecular weight excluding hydrogens is 234 g/mol. The van der Waals surface area contributed by atoms with Crippen LogP contribution < -0.4 is 15.9 Å². The maximum atomic E-state index is 11.8. The van der Waals surface area contributed by atoms with Crippen molar-refractivity contribution in [3.8, 4) is 5.88 Å². The van der Waals surface area contributed by atoms with Gasteiger partial charge in [0.15, 0.2) is 5.65 Å². The predicted molar refractivity (Wildman–Crippen MR) is 68.1 cm³/mol. The molecule has 0 atom stereocenters. The number of ether oxygens (including phenoxy) is 1. The maximum absolute atomic E-state index is 11.8. The highest BCUT2D eigenvalue weighted by atomic mass is 16.5. The van der Waals surface area contributed by atoms with E-state index in [1.165, 1.54) is 11.7 Å². The van der Waals surface area contributed by atoms with Crippen molar-refractivity contribution in [1.29, 1.82) is 0 Å². The lowest BCUT2D eigenvalue weighted by atomic mass is 10.3. The minimum Gasteiger partial charge on any atom is -0.481 e. The van der Waals surface area contributed by atoms with E-state index in [-0.39, 0.29) is 0 Å². The maximum Gasteiger partial charge on any atom is 0.317 e. The van der Waals surface area contributed by atoms with Crippen molar-refractivity contribution in [2.24, 2.45) is 0 Å². The summed E-state index contributed by atoms with van der Waals surface area (Å²) in [6.07, 6.45) is 1.75. The van der Waals surface area contributed by atoms with Crippen LogP contribution in [0.4, 0.5) is 0 Å². The van der Waals surface area contributed by atoms with Crippen LogP contribution in [-0.4, -0.2) is 21.6 Å². The van der Waals surface area contributed by atoms with Crippen molar-refractivity contribution >= 4 is 11.2 Å². The van der Waals surface area contributed by atoms with Crippen LogP contribution in [0.2, 0.25) is 0 Å². The lowest BCUT2D eigenvalue weighted by Crippen LogP contribution is -2.36. The lowest BCUT2D eigenvalue weighted by molar-refractivity contribution is 0.398. The van der Waals surface area contributed by atoms with E-state index in [4.69, 9.17) is 4.74 Å². The van der Waals surface area contributed by atoms with E-state index in [9.17, 15) is 9.59 Å². The SMILES string of the molecule is CCCCn1c(=O)c(=O)[nH]c2ccc(OC)nc21. The van der Waals surface area contributed by atoms with E-state index in [1.807, 2.05) is 6.92 Å². The number of hydrogen-bond acceptors (Lipinski definition) is 4. The topological polar surface area (TPSA) is 77.0 Å². The molecule has 2 heterocycles. The number of nitrogens with zero attached hydrogens (tertiary/aromatic N) is 2. The Hall–Kier alpha value is -2.11. The average molecular weight is 249 g/mol. The molecule has 2 aromatic heterocycles. The van der Waals surface area contributed by atoms with Crippen molar-refractivity contribution in [3.63, 3.8) is 0 Å². The molecule has 1 N–H and O–H groups in total. The molecule has 0 bridgehead atoms. The van der Waals surface area contributed by atoms with Crippen LogP contribution in [0.25, 0.3) is 11.2 Å². The summed E-state index contributed by atoms with van der Waals surface area (Å²) in [6.45, 7) is 2.50. The number of H-pyrrole nitrogens is 1. The van der Waals surface area contributed by atoms with Crippen molar-refractivity contribution in [2.75, 3.05) is 7.11 Å². The zero-order valence-electron chi connectivity index (χ0n) is 10.4. The quantitative estimate of drug-likeness (QED) is 0.816. The van der Waals surface area contributed by atoms with Gasteiger partial charge in [0.2, 0.25) is 5.88 Å². The number of rotatable bonds is 4. The molecule has 0 radical (unpaired) electrons. The van der Waals surface area contributed by atoms with Gasteiger partial charge in [-0.1, -0.05) is 13.3 Å². The lowest BCUT2D eigenvalue weighted by Gasteiger charge is -2.08. The number of unbranched alkanes of at least 4 members (excludes halogenated alkanes) is 1. The summed E-state index contributed by atoms with van der Waals surface area (Å²) in [5.41, 5.74) is -0.203. The van der Waals surface area contributed by atoms with Crippen molar-refractivity contribution in [3.05, 3.63) is 32.8 Å². The van der Waals surface area contributed by atoms with Gasteiger partial charge in [-0.25, -0.2) is 0 Å². The summed E-state index contributed by atoms with van der Waals surface area (Å²) in [5.74, 6) is 0.416. The van der Waals surface area contributed by atoms with Gasteiger partial charge in [-0.3, -0.25) is 14.2 Å². The van der Waals surface area contributed by atoms with Crippen LogP contribution >= 0.6 is 0 Å². The normalized spacial score (nSPS) is 10.8. The second-order valence-electron chi connectivity index (χ2n) is 3.99. The van der Waals surface area contributed by atoms with E-state index in [0.717, 1.165) is 12.8 Å². The summed E-state index contributed by atoms with van der Waals surface area (Å²) < 4.78 is 6.44. The molecule has 18 heavy (non-hydrogen) atoms. The first-order valence-corrected chi connectivity index (χ1v) is 5.85. The molecule has 0 spiro atoms. The van der Waals surface area contributed by atoms with E-state index < -0.39 is 11.1 Å².